The van der Waals surface area contributed by atoms with Gasteiger partial charge in [0.15, 0.2) is 5.82 Å². The van der Waals surface area contributed by atoms with Crippen molar-refractivity contribution in [3.63, 3.8) is 0 Å². The van der Waals surface area contributed by atoms with Crippen LogP contribution in [0.25, 0.3) is 5.69 Å². The predicted molar refractivity (Wildman–Crippen MR) is 88.7 cm³/mol. The Bertz CT molecular complexity index is 848. The van der Waals surface area contributed by atoms with E-state index < -0.39 is 10.7 Å². The van der Waals surface area contributed by atoms with Gasteiger partial charge in [0.2, 0.25) is 0 Å². The molecule has 7 heteroatoms. The summed E-state index contributed by atoms with van der Waals surface area (Å²) in [7, 11) is 0. The topological polar surface area (TPSA) is 73.0 Å². The van der Waals surface area contributed by atoms with Crippen molar-refractivity contribution < 1.29 is 9.31 Å². The molecule has 1 heterocycles. The van der Waals surface area contributed by atoms with Gasteiger partial charge < -0.3 is 5.32 Å². The minimum absolute atomic E-state index is 0.160. The van der Waals surface area contributed by atoms with Gasteiger partial charge in [0, 0.05) is 24.5 Å². The molecule has 122 valence electrons. The summed E-state index contributed by atoms with van der Waals surface area (Å²) >= 11 is 0. The molecule has 0 amide bonds. The predicted octanol–water partition coefficient (Wildman–Crippen LogP) is 4.09. The highest BCUT2D eigenvalue weighted by Crippen LogP contribution is 2.25. The summed E-state index contributed by atoms with van der Waals surface area (Å²) in [6.45, 7) is 1.89. The Balaban J connectivity index is 1.75. The van der Waals surface area contributed by atoms with E-state index in [0.717, 1.165) is 17.3 Å². The van der Waals surface area contributed by atoms with Crippen LogP contribution in [0.3, 0.4) is 0 Å². The van der Waals surface area contributed by atoms with Crippen LogP contribution in [0.2, 0.25) is 0 Å². The van der Waals surface area contributed by atoms with E-state index in [-0.39, 0.29) is 17.4 Å². The number of rotatable bonds is 5. The van der Waals surface area contributed by atoms with Gasteiger partial charge in [-0.25, -0.2) is 9.07 Å². The maximum absolute atomic E-state index is 14.0. The quantitative estimate of drug-likeness (QED) is 0.566. The zero-order valence-corrected chi connectivity index (χ0v) is 12.9. The van der Waals surface area contributed by atoms with Crippen molar-refractivity contribution >= 4 is 11.4 Å². The normalized spacial score (nSPS) is 11.9. The van der Waals surface area contributed by atoms with Crippen LogP contribution >= 0.6 is 0 Å². The van der Waals surface area contributed by atoms with Crippen molar-refractivity contribution in [1.82, 2.24) is 9.78 Å². The first-order valence-corrected chi connectivity index (χ1v) is 7.35. The van der Waals surface area contributed by atoms with Crippen LogP contribution in [0.4, 0.5) is 15.8 Å². The van der Waals surface area contributed by atoms with Gasteiger partial charge in [-0.15, -0.1) is 0 Å². The monoisotopic (exact) mass is 326 g/mol. The number of aromatic nitrogens is 2. The summed E-state index contributed by atoms with van der Waals surface area (Å²) in [6.07, 6.45) is 3.55. The number of nitro groups is 1. The molecule has 0 aliphatic heterocycles. The first kappa shape index (κ1) is 15.7. The molecule has 2 aromatic carbocycles. The molecule has 3 aromatic rings. The van der Waals surface area contributed by atoms with Crippen LogP contribution in [-0.2, 0) is 0 Å². The number of hydrogen-bond acceptors (Lipinski definition) is 4. The van der Waals surface area contributed by atoms with Crippen LogP contribution in [0.1, 0.15) is 18.5 Å². The molecule has 1 atom stereocenters. The molecule has 0 saturated heterocycles. The Morgan fingerprint density at radius 1 is 1.25 bits per heavy atom. The molecule has 0 bridgehead atoms. The van der Waals surface area contributed by atoms with Gasteiger partial charge in [0.25, 0.3) is 5.69 Å². The van der Waals surface area contributed by atoms with Gasteiger partial charge in [0.05, 0.1) is 22.4 Å². The maximum Gasteiger partial charge on any atom is 0.272 e. The fraction of sp³-hybridized carbons (Fsp3) is 0.118. The van der Waals surface area contributed by atoms with E-state index in [1.54, 1.807) is 10.9 Å². The van der Waals surface area contributed by atoms with Crippen molar-refractivity contribution in [3.05, 3.63) is 82.4 Å². The van der Waals surface area contributed by atoms with Crippen LogP contribution in [0, 0.1) is 15.9 Å². The van der Waals surface area contributed by atoms with Crippen LogP contribution in [0.15, 0.2) is 60.9 Å². The average Bonchev–Trinajstić information content (AvgIpc) is 3.11. The SMILES string of the molecule is CC(Nc1ccc([N+](=O)[O-])cc1F)c1ccc(-n2cccn2)cc1. The Morgan fingerprint density at radius 3 is 2.58 bits per heavy atom. The van der Waals surface area contributed by atoms with Crippen LogP contribution < -0.4 is 5.32 Å². The molecule has 6 nitrogen and oxygen atoms in total. The minimum Gasteiger partial charge on any atom is -0.376 e. The smallest absolute Gasteiger partial charge is 0.272 e. The second-order valence-electron chi connectivity index (χ2n) is 5.33. The van der Waals surface area contributed by atoms with Crippen molar-refractivity contribution in [1.29, 1.82) is 0 Å². The number of benzene rings is 2. The molecule has 0 aliphatic carbocycles. The molecular formula is C17H15FN4O2. The molecule has 1 unspecified atom stereocenters. The fourth-order valence-corrected chi connectivity index (χ4v) is 2.39. The van der Waals surface area contributed by atoms with Crippen molar-refractivity contribution in [2.75, 3.05) is 5.32 Å². The summed E-state index contributed by atoms with van der Waals surface area (Å²) in [5, 5.41) is 17.8. The Hall–Kier alpha value is -3.22. The number of nitrogens with zero attached hydrogens (tertiary/aromatic N) is 3. The van der Waals surface area contributed by atoms with Crippen molar-refractivity contribution in [2.24, 2.45) is 0 Å². The van der Waals surface area contributed by atoms with Gasteiger partial charge in [-0.2, -0.15) is 5.10 Å². The molecule has 1 N–H and O–H groups in total. The molecule has 0 fully saturated rings. The zero-order chi connectivity index (χ0) is 17.1. The summed E-state index contributed by atoms with van der Waals surface area (Å²) in [6, 6.07) is 13.0. The molecule has 1 aromatic heterocycles. The third-order valence-corrected chi connectivity index (χ3v) is 3.70. The lowest BCUT2D eigenvalue weighted by atomic mass is 10.1. The number of anilines is 1. The van der Waals surface area contributed by atoms with Crippen molar-refractivity contribution in [2.45, 2.75) is 13.0 Å². The Kier molecular flexibility index (Phi) is 4.24. The Morgan fingerprint density at radius 2 is 2.00 bits per heavy atom. The van der Waals surface area contributed by atoms with Gasteiger partial charge >= 0.3 is 0 Å². The lowest BCUT2D eigenvalue weighted by molar-refractivity contribution is -0.385. The minimum atomic E-state index is -0.649. The second kappa shape index (κ2) is 6.49. The summed E-state index contributed by atoms with van der Waals surface area (Å²) in [5.74, 6) is -0.649. The summed E-state index contributed by atoms with van der Waals surface area (Å²) < 4.78 is 15.7. The number of nitrogens with one attached hydrogen (secondary N) is 1. The average molecular weight is 326 g/mol. The zero-order valence-electron chi connectivity index (χ0n) is 12.9. The van der Waals surface area contributed by atoms with E-state index in [1.807, 2.05) is 43.5 Å². The first-order valence-electron chi connectivity index (χ1n) is 7.35. The van der Waals surface area contributed by atoms with Gasteiger partial charge in [-0.3, -0.25) is 10.1 Å². The Labute approximate surface area is 137 Å². The second-order valence-corrected chi connectivity index (χ2v) is 5.33. The van der Waals surface area contributed by atoms with E-state index in [4.69, 9.17) is 0 Å². The lowest BCUT2D eigenvalue weighted by Crippen LogP contribution is -2.08. The van der Waals surface area contributed by atoms with Gasteiger partial charge in [-0.1, -0.05) is 12.1 Å². The van der Waals surface area contributed by atoms with Gasteiger partial charge in [-0.05, 0) is 36.8 Å². The molecular weight excluding hydrogens is 311 g/mol. The lowest BCUT2D eigenvalue weighted by Gasteiger charge is -2.16. The summed E-state index contributed by atoms with van der Waals surface area (Å²) in [4.78, 5) is 10.0. The highest BCUT2D eigenvalue weighted by atomic mass is 19.1. The van der Waals surface area contributed by atoms with E-state index in [1.165, 1.54) is 12.1 Å². The standard InChI is InChI=1S/C17H15FN4O2/c1-12(20-17-8-7-15(22(23)24)11-16(17)18)13-3-5-14(6-4-13)21-10-2-9-19-21/h2-12,20H,1H3. The number of nitro benzene ring substituents is 1. The number of hydrogen-bond donors (Lipinski definition) is 1. The third-order valence-electron chi connectivity index (χ3n) is 3.70. The molecule has 24 heavy (non-hydrogen) atoms. The summed E-state index contributed by atoms with van der Waals surface area (Å²) in [5.41, 5.74) is 1.85. The van der Waals surface area contributed by atoms with E-state index in [9.17, 15) is 14.5 Å². The highest BCUT2D eigenvalue weighted by molar-refractivity contribution is 5.51. The highest BCUT2D eigenvalue weighted by Gasteiger charge is 2.13. The van der Waals surface area contributed by atoms with E-state index in [0.29, 0.717) is 0 Å². The maximum atomic E-state index is 14.0. The van der Waals surface area contributed by atoms with E-state index in [2.05, 4.69) is 10.4 Å². The number of non-ortho nitro benzene ring substituents is 1. The first-order chi connectivity index (χ1) is 11.5. The molecule has 0 saturated carbocycles. The number of halogens is 1. The van der Waals surface area contributed by atoms with Crippen LogP contribution in [0.5, 0.6) is 0 Å². The molecule has 0 aliphatic rings. The van der Waals surface area contributed by atoms with Gasteiger partial charge in [0.1, 0.15) is 0 Å². The fourth-order valence-electron chi connectivity index (χ4n) is 2.39. The van der Waals surface area contributed by atoms with Crippen molar-refractivity contribution in [3.8, 4) is 5.69 Å². The molecule has 3 rings (SSSR count). The van der Waals surface area contributed by atoms with E-state index >= 15 is 0 Å². The largest absolute Gasteiger partial charge is 0.376 e. The van der Waals surface area contributed by atoms with Crippen LogP contribution in [-0.4, -0.2) is 14.7 Å². The molecule has 0 spiro atoms. The third kappa shape index (κ3) is 3.24. The molecule has 0 radical (unpaired) electrons.